The lowest BCUT2D eigenvalue weighted by molar-refractivity contribution is -0.129. The van der Waals surface area contributed by atoms with Crippen molar-refractivity contribution in [2.24, 2.45) is 15.7 Å². The molecular weight excluding hydrogens is 208 g/mol. The summed E-state index contributed by atoms with van der Waals surface area (Å²) in [6, 6.07) is 8.38. The van der Waals surface area contributed by atoms with E-state index in [4.69, 9.17) is 16.1 Å². The van der Waals surface area contributed by atoms with Gasteiger partial charge >= 0.3 is 5.97 Å². The van der Waals surface area contributed by atoms with Crippen LogP contribution in [0.3, 0.4) is 0 Å². The molecule has 1 aromatic rings. The Bertz CT molecular complexity index is 483. The summed E-state index contributed by atoms with van der Waals surface area (Å²) >= 11 is 0. The fourth-order valence-corrected chi connectivity index (χ4v) is 0.835. The normalized spacial score (nSPS) is 11.3. The van der Waals surface area contributed by atoms with Crippen molar-refractivity contribution in [3.8, 4) is 6.07 Å². The molecule has 0 heterocycles. The zero-order chi connectivity index (χ0) is 12.0. The van der Waals surface area contributed by atoms with Gasteiger partial charge in [-0.25, -0.2) is 14.8 Å². The molecule has 0 bridgehead atoms. The Morgan fingerprint density at radius 2 is 2.06 bits per heavy atom. The summed E-state index contributed by atoms with van der Waals surface area (Å²) in [5, 5.41) is 16.9. The summed E-state index contributed by atoms with van der Waals surface area (Å²) in [5.41, 5.74) is 6.12. The summed E-state index contributed by atoms with van der Waals surface area (Å²) in [7, 11) is 0. The zero-order valence-corrected chi connectivity index (χ0v) is 8.16. The minimum Gasteiger partial charge on any atom is -0.475 e. The highest BCUT2D eigenvalue weighted by Gasteiger charge is 1.99. The average Bonchev–Trinajstić information content (AvgIpc) is 2.29. The first-order chi connectivity index (χ1) is 7.63. The third-order valence-corrected chi connectivity index (χ3v) is 1.62. The van der Waals surface area contributed by atoms with Gasteiger partial charge in [-0.2, -0.15) is 5.26 Å². The van der Waals surface area contributed by atoms with Gasteiger partial charge in [0.2, 0.25) is 5.84 Å². The number of hydrogen-bond acceptors (Lipinski definition) is 3. The van der Waals surface area contributed by atoms with Crippen LogP contribution in [-0.4, -0.2) is 23.2 Å². The quantitative estimate of drug-likeness (QED) is 0.558. The van der Waals surface area contributed by atoms with E-state index in [9.17, 15) is 4.79 Å². The average molecular weight is 216 g/mol. The topological polar surface area (TPSA) is 112 Å². The molecule has 80 valence electrons. The Kier molecular flexibility index (Phi) is 3.75. The van der Waals surface area contributed by atoms with Crippen LogP contribution in [-0.2, 0) is 4.79 Å². The van der Waals surface area contributed by atoms with Gasteiger partial charge in [0.1, 0.15) is 6.34 Å². The molecule has 0 unspecified atom stereocenters. The van der Waals surface area contributed by atoms with Crippen LogP contribution in [0.1, 0.15) is 5.56 Å². The molecule has 0 spiro atoms. The number of nitrogens with zero attached hydrogens (tertiary/aromatic N) is 3. The maximum absolute atomic E-state index is 10.3. The van der Waals surface area contributed by atoms with E-state index in [0.717, 1.165) is 6.34 Å². The van der Waals surface area contributed by atoms with Crippen molar-refractivity contribution in [3.05, 3.63) is 29.8 Å². The van der Waals surface area contributed by atoms with E-state index >= 15 is 0 Å². The molecule has 0 saturated carbocycles. The highest BCUT2D eigenvalue weighted by Crippen LogP contribution is 2.11. The van der Waals surface area contributed by atoms with Crippen molar-refractivity contribution in [1.29, 1.82) is 5.26 Å². The summed E-state index contributed by atoms with van der Waals surface area (Å²) < 4.78 is 0. The van der Waals surface area contributed by atoms with E-state index in [1.165, 1.54) is 0 Å². The van der Waals surface area contributed by atoms with Crippen LogP contribution in [0.5, 0.6) is 0 Å². The van der Waals surface area contributed by atoms with Crippen molar-refractivity contribution in [2.45, 2.75) is 0 Å². The van der Waals surface area contributed by atoms with Gasteiger partial charge in [0, 0.05) is 0 Å². The Labute approximate surface area is 91.4 Å². The molecule has 6 heteroatoms. The number of aliphatic imine (C=N–C) groups is 2. The van der Waals surface area contributed by atoms with Gasteiger partial charge in [-0.15, -0.1) is 0 Å². The summed E-state index contributed by atoms with van der Waals surface area (Å²) in [6.07, 6.45) is 1.05. The molecule has 0 aliphatic carbocycles. The van der Waals surface area contributed by atoms with Gasteiger partial charge in [0.25, 0.3) is 0 Å². The third kappa shape index (κ3) is 3.23. The first-order valence-electron chi connectivity index (χ1n) is 4.22. The zero-order valence-electron chi connectivity index (χ0n) is 8.16. The molecule has 16 heavy (non-hydrogen) atoms. The molecule has 0 saturated heterocycles. The second-order valence-electron chi connectivity index (χ2n) is 2.72. The smallest absolute Gasteiger partial charge is 0.371 e. The van der Waals surface area contributed by atoms with E-state index in [1.54, 1.807) is 24.3 Å². The number of aliphatic carboxylic acids is 1. The standard InChI is InChI=1S/C10H8N4O2/c11-5-7-1-3-8(4-2-7)13-6-14-9(12)10(15)16/h1-4,6H,(H,15,16)(H2,12,13,14). The number of benzene rings is 1. The Morgan fingerprint density at radius 1 is 1.44 bits per heavy atom. The number of nitriles is 1. The van der Waals surface area contributed by atoms with Gasteiger partial charge in [0.05, 0.1) is 17.3 Å². The minimum atomic E-state index is -1.30. The lowest BCUT2D eigenvalue weighted by Crippen LogP contribution is -2.22. The van der Waals surface area contributed by atoms with Crippen molar-refractivity contribution in [3.63, 3.8) is 0 Å². The number of carbonyl (C=O) groups is 1. The molecule has 0 radical (unpaired) electrons. The van der Waals surface area contributed by atoms with Crippen LogP contribution in [0.25, 0.3) is 0 Å². The van der Waals surface area contributed by atoms with Crippen molar-refractivity contribution < 1.29 is 9.90 Å². The molecule has 0 amide bonds. The van der Waals surface area contributed by atoms with Crippen LogP contribution < -0.4 is 5.73 Å². The number of hydrogen-bond donors (Lipinski definition) is 2. The molecule has 3 N–H and O–H groups in total. The van der Waals surface area contributed by atoms with E-state index < -0.39 is 11.8 Å². The predicted octanol–water partition coefficient (Wildman–Crippen LogP) is 0.660. The summed E-state index contributed by atoms with van der Waals surface area (Å²) in [4.78, 5) is 17.5. The monoisotopic (exact) mass is 216 g/mol. The van der Waals surface area contributed by atoms with Crippen LogP contribution in [0.2, 0.25) is 0 Å². The summed E-state index contributed by atoms with van der Waals surface area (Å²) in [5.74, 6) is -1.83. The highest BCUT2D eigenvalue weighted by atomic mass is 16.4. The van der Waals surface area contributed by atoms with Crippen LogP contribution in [0, 0.1) is 11.3 Å². The first kappa shape index (κ1) is 11.4. The first-order valence-corrected chi connectivity index (χ1v) is 4.22. The summed E-state index contributed by atoms with van der Waals surface area (Å²) in [6.45, 7) is 0. The Hall–Kier alpha value is -2.68. The lowest BCUT2D eigenvalue weighted by Gasteiger charge is -1.91. The van der Waals surface area contributed by atoms with Crippen molar-refractivity contribution in [2.75, 3.05) is 0 Å². The molecule has 0 atom stereocenters. The predicted molar refractivity (Wildman–Crippen MR) is 58.6 cm³/mol. The van der Waals surface area contributed by atoms with Gasteiger partial charge in [-0.3, -0.25) is 0 Å². The Morgan fingerprint density at radius 3 is 2.56 bits per heavy atom. The molecule has 0 aliphatic rings. The molecule has 0 aliphatic heterocycles. The highest BCUT2D eigenvalue weighted by molar-refractivity contribution is 6.35. The minimum absolute atomic E-state index is 0.521. The third-order valence-electron chi connectivity index (χ3n) is 1.62. The number of carboxylic acids is 1. The van der Waals surface area contributed by atoms with Gasteiger partial charge in [0.15, 0.2) is 0 Å². The van der Waals surface area contributed by atoms with Gasteiger partial charge < -0.3 is 10.8 Å². The van der Waals surface area contributed by atoms with Crippen LogP contribution >= 0.6 is 0 Å². The fourth-order valence-electron chi connectivity index (χ4n) is 0.835. The van der Waals surface area contributed by atoms with E-state index in [0.29, 0.717) is 11.3 Å². The maximum atomic E-state index is 10.3. The lowest BCUT2D eigenvalue weighted by atomic mass is 10.2. The van der Waals surface area contributed by atoms with Crippen LogP contribution in [0.15, 0.2) is 34.3 Å². The van der Waals surface area contributed by atoms with Gasteiger partial charge in [-0.05, 0) is 24.3 Å². The molecule has 1 rings (SSSR count). The van der Waals surface area contributed by atoms with Crippen molar-refractivity contribution >= 4 is 23.8 Å². The molecule has 1 aromatic carbocycles. The number of amidine groups is 1. The number of nitrogens with two attached hydrogens (primary N) is 1. The van der Waals surface area contributed by atoms with Crippen molar-refractivity contribution in [1.82, 2.24) is 0 Å². The largest absolute Gasteiger partial charge is 0.475 e. The number of rotatable bonds is 2. The SMILES string of the molecule is N#Cc1ccc(N=CN=C(N)C(=O)O)cc1. The van der Waals surface area contributed by atoms with E-state index in [1.807, 2.05) is 6.07 Å². The van der Waals surface area contributed by atoms with Crippen LogP contribution in [0.4, 0.5) is 5.69 Å². The maximum Gasteiger partial charge on any atom is 0.371 e. The fraction of sp³-hybridized carbons (Fsp3) is 0. The second-order valence-corrected chi connectivity index (χ2v) is 2.72. The molecule has 0 fully saturated rings. The van der Waals surface area contributed by atoms with E-state index in [-0.39, 0.29) is 0 Å². The molecule has 6 nitrogen and oxygen atoms in total. The molecule has 0 aromatic heterocycles. The molecular formula is C10H8N4O2. The van der Waals surface area contributed by atoms with Gasteiger partial charge in [-0.1, -0.05) is 0 Å². The second kappa shape index (κ2) is 5.26. The van der Waals surface area contributed by atoms with E-state index in [2.05, 4.69) is 9.98 Å². The number of carboxylic acid groups (broad SMARTS) is 1. The Balaban J connectivity index is 2.74.